The molecule has 0 aliphatic rings. The lowest BCUT2D eigenvalue weighted by Crippen LogP contribution is -2.31. The summed E-state index contributed by atoms with van der Waals surface area (Å²) in [5.41, 5.74) is 13.8. The van der Waals surface area contributed by atoms with Gasteiger partial charge >= 0.3 is 6.18 Å². The number of fused-ring (bicyclic) bond motifs is 1. The van der Waals surface area contributed by atoms with E-state index in [4.69, 9.17) is 17.2 Å². The summed E-state index contributed by atoms with van der Waals surface area (Å²) in [5.74, 6) is -1.11. The maximum Gasteiger partial charge on any atom is 0.417 e. The molecule has 0 fully saturated rings. The molecule has 1 amide bonds. The number of benzene rings is 1. The Bertz CT molecular complexity index is 1090. The summed E-state index contributed by atoms with van der Waals surface area (Å²) >= 11 is 0. The van der Waals surface area contributed by atoms with Crippen molar-refractivity contribution in [2.45, 2.75) is 6.18 Å². The van der Waals surface area contributed by atoms with Crippen molar-refractivity contribution in [3.05, 3.63) is 58.0 Å². The van der Waals surface area contributed by atoms with E-state index in [1.807, 2.05) is 0 Å². The van der Waals surface area contributed by atoms with Crippen LogP contribution in [0.4, 0.5) is 24.5 Å². The molecular formula is C16H12F3N5O2. The van der Waals surface area contributed by atoms with E-state index >= 15 is 0 Å². The molecule has 0 unspecified atom stereocenters. The van der Waals surface area contributed by atoms with Gasteiger partial charge < -0.3 is 17.2 Å². The third kappa shape index (κ3) is 2.70. The Morgan fingerprint density at radius 3 is 2.27 bits per heavy atom. The minimum absolute atomic E-state index is 0.150. The molecule has 0 radical (unpaired) electrons. The summed E-state index contributed by atoms with van der Waals surface area (Å²) in [4.78, 5) is 28.1. The molecule has 0 atom stereocenters. The third-order valence-corrected chi connectivity index (χ3v) is 3.77. The van der Waals surface area contributed by atoms with Crippen LogP contribution in [0.3, 0.4) is 0 Å². The number of nitrogens with zero attached hydrogens (tertiary/aromatic N) is 2. The molecule has 3 rings (SSSR count). The molecule has 0 saturated heterocycles. The average molecular weight is 363 g/mol. The summed E-state index contributed by atoms with van der Waals surface area (Å²) in [6.07, 6.45) is -4.11. The van der Waals surface area contributed by atoms with Crippen LogP contribution in [0, 0.1) is 0 Å². The fraction of sp³-hybridized carbons (Fsp3) is 0.0625. The zero-order chi connectivity index (χ0) is 19.2. The van der Waals surface area contributed by atoms with Gasteiger partial charge in [0.2, 0.25) is 0 Å². The zero-order valence-corrected chi connectivity index (χ0v) is 13.0. The molecule has 2 heterocycles. The van der Waals surface area contributed by atoms with Crippen LogP contribution in [0.2, 0.25) is 0 Å². The van der Waals surface area contributed by atoms with Gasteiger partial charge in [-0.3, -0.25) is 19.1 Å². The lowest BCUT2D eigenvalue weighted by Gasteiger charge is -2.16. The smallest absolute Gasteiger partial charge is 0.399 e. The first-order valence-electron chi connectivity index (χ1n) is 7.18. The minimum Gasteiger partial charge on any atom is -0.399 e. The number of hydrogen-bond acceptors (Lipinski definition) is 5. The van der Waals surface area contributed by atoms with Crippen LogP contribution in [0.5, 0.6) is 0 Å². The van der Waals surface area contributed by atoms with Gasteiger partial charge in [-0.1, -0.05) is 0 Å². The van der Waals surface area contributed by atoms with Gasteiger partial charge in [-0.05, 0) is 30.3 Å². The van der Waals surface area contributed by atoms with E-state index in [9.17, 15) is 22.8 Å². The van der Waals surface area contributed by atoms with E-state index in [2.05, 4.69) is 4.98 Å². The van der Waals surface area contributed by atoms with Gasteiger partial charge in [-0.15, -0.1) is 0 Å². The molecule has 1 aromatic carbocycles. The van der Waals surface area contributed by atoms with E-state index in [1.165, 1.54) is 24.3 Å². The lowest BCUT2D eigenvalue weighted by molar-refractivity contribution is -0.137. The van der Waals surface area contributed by atoms with Crippen molar-refractivity contribution in [1.29, 1.82) is 0 Å². The van der Waals surface area contributed by atoms with Crippen LogP contribution in [-0.4, -0.2) is 15.5 Å². The van der Waals surface area contributed by atoms with Gasteiger partial charge in [0, 0.05) is 17.6 Å². The number of halogens is 3. The molecule has 0 aliphatic carbocycles. The first-order chi connectivity index (χ1) is 12.1. The van der Waals surface area contributed by atoms with E-state index in [-0.39, 0.29) is 22.4 Å². The zero-order valence-electron chi connectivity index (χ0n) is 13.0. The fourth-order valence-electron chi connectivity index (χ4n) is 2.56. The number of amides is 1. The number of alkyl halides is 3. The highest BCUT2D eigenvalue weighted by molar-refractivity contribution is 6.04. The molecule has 10 heteroatoms. The van der Waals surface area contributed by atoms with Crippen molar-refractivity contribution in [3.8, 4) is 5.69 Å². The van der Waals surface area contributed by atoms with Crippen molar-refractivity contribution in [1.82, 2.24) is 9.55 Å². The van der Waals surface area contributed by atoms with Crippen LogP contribution >= 0.6 is 0 Å². The first-order valence-corrected chi connectivity index (χ1v) is 7.18. The molecule has 26 heavy (non-hydrogen) atoms. The largest absolute Gasteiger partial charge is 0.417 e. The third-order valence-electron chi connectivity index (χ3n) is 3.77. The normalized spacial score (nSPS) is 11.7. The van der Waals surface area contributed by atoms with E-state index < -0.39 is 28.8 Å². The van der Waals surface area contributed by atoms with Crippen LogP contribution in [0.15, 0.2) is 41.3 Å². The Morgan fingerprint density at radius 2 is 1.73 bits per heavy atom. The minimum atomic E-state index is -4.68. The first kappa shape index (κ1) is 17.3. The number of pyridine rings is 2. The monoisotopic (exact) mass is 363 g/mol. The Labute approximate surface area is 143 Å². The van der Waals surface area contributed by atoms with Crippen molar-refractivity contribution >= 4 is 28.3 Å². The second kappa shape index (κ2) is 5.76. The Hall–Kier alpha value is -3.56. The molecule has 0 saturated carbocycles. The number of nitrogens with two attached hydrogens (primary N) is 3. The second-order valence-corrected chi connectivity index (χ2v) is 5.47. The number of primary amides is 1. The van der Waals surface area contributed by atoms with Gasteiger partial charge in [-0.25, -0.2) is 0 Å². The second-order valence-electron chi connectivity index (χ2n) is 5.47. The number of nitrogen functional groups attached to an aromatic ring is 2. The van der Waals surface area contributed by atoms with E-state index in [0.29, 0.717) is 11.9 Å². The van der Waals surface area contributed by atoms with Crippen molar-refractivity contribution in [2.75, 3.05) is 11.5 Å². The fourth-order valence-corrected chi connectivity index (χ4v) is 2.56. The van der Waals surface area contributed by atoms with Gasteiger partial charge in [0.1, 0.15) is 11.1 Å². The number of rotatable bonds is 2. The predicted octanol–water partition coefficient (Wildman–Crippen LogP) is 1.67. The van der Waals surface area contributed by atoms with Crippen LogP contribution in [0.1, 0.15) is 15.9 Å². The van der Waals surface area contributed by atoms with Crippen molar-refractivity contribution in [2.24, 2.45) is 5.73 Å². The molecule has 2 aromatic heterocycles. The summed E-state index contributed by atoms with van der Waals surface area (Å²) in [5, 5.41) is 0. The van der Waals surface area contributed by atoms with Gasteiger partial charge in [-0.2, -0.15) is 13.2 Å². The molecule has 0 spiro atoms. The number of carbonyl (C=O) groups excluding carboxylic acids is 1. The molecule has 0 bridgehead atoms. The Kier molecular flexibility index (Phi) is 3.82. The summed E-state index contributed by atoms with van der Waals surface area (Å²) in [7, 11) is 0. The van der Waals surface area contributed by atoms with Crippen LogP contribution < -0.4 is 22.8 Å². The molecule has 3 aromatic rings. The van der Waals surface area contributed by atoms with E-state index in [1.54, 1.807) is 0 Å². The molecule has 7 nitrogen and oxygen atoms in total. The number of hydrogen-bond donors (Lipinski definition) is 3. The highest BCUT2D eigenvalue weighted by atomic mass is 19.4. The average Bonchev–Trinajstić information content (AvgIpc) is 2.55. The number of aromatic nitrogens is 2. The van der Waals surface area contributed by atoms with E-state index in [0.717, 1.165) is 10.6 Å². The maximum absolute atomic E-state index is 13.1. The Morgan fingerprint density at radius 1 is 1.12 bits per heavy atom. The quantitative estimate of drug-likeness (QED) is 0.596. The number of anilines is 2. The van der Waals surface area contributed by atoms with Crippen LogP contribution in [0.25, 0.3) is 16.7 Å². The molecule has 6 N–H and O–H groups in total. The highest BCUT2D eigenvalue weighted by Gasteiger charge is 2.32. The lowest BCUT2D eigenvalue weighted by atomic mass is 10.1. The maximum atomic E-state index is 13.1. The summed E-state index contributed by atoms with van der Waals surface area (Å²) in [6, 6.07) is 6.47. The van der Waals surface area contributed by atoms with Gasteiger partial charge in [0.05, 0.1) is 16.8 Å². The summed E-state index contributed by atoms with van der Waals surface area (Å²) < 4.78 is 40.1. The molecule has 134 valence electrons. The molecule has 0 aliphatic heterocycles. The molecular weight excluding hydrogens is 351 g/mol. The predicted molar refractivity (Wildman–Crippen MR) is 89.7 cm³/mol. The number of carbonyl (C=O) groups is 1. The van der Waals surface area contributed by atoms with Gasteiger partial charge in [0.15, 0.2) is 0 Å². The van der Waals surface area contributed by atoms with Gasteiger partial charge in [0.25, 0.3) is 11.5 Å². The highest BCUT2D eigenvalue weighted by Crippen LogP contribution is 2.32. The summed E-state index contributed by atoms with van der Waals surface area (Å²) in [6.45, 7) is 0. The standard InChI is InChI=1S/C16H12F3N5O2/c17-16(18,19)7-5-10-13(23-6-7)12(21)11(14(22)25)15(26)24(10)9-3-1-8(20)2-4-9/h1-6H,20-21H2,(H2,22,25). The Balaban J connectivity index is 2.51. The van der Waals surface area contributed by atoms with Crippen molar-refractivity contribution in [3.63, 3.8) is 0 Å². The van der Waals surface area contributed by atoms with Crippen molar-refractivity contribution < 1.29 is 18.0 Å². The van der Waals surface area contributed by atoms with Crippen LogP contribution in [-0.2, 0) is 6.18 Å². The SMILES string of the molecule is NC(=O)c1c(N)c2ncc(C(F)(F)F)cc2n(-c2ccc(N)cc2)c1=O. The topological polar surface area (TPSA) is 130 Å².